The van der Waals surface area contributed by atoms with Crippen LogP contribution in [0.4, 0.5) is 15.0 Å². The summed E-state index contributed by atoms with van der Waals surface area (Å²) in [4.78, 5) is 37.9. The summed E-state index contributed by atoms with van der Waals surface area (Å²) < 4.78 is 22.8. The number of anilines is 1. The van der Waals surface area contributed by atoms with Gasteiger partial charge in [0.2, 0.25) is 4.96 Å². The number of carbonyl (C=O) groups is 1. The topological polar surface area (TPSA) is 97.3 Å². The average molecular weight is 486 g/mol. The lowest BCUT2D eigenvalue weighted by atomic mass is 10.2. The third-order valence-corrected chi connectivity index (χ3v) is 6.32. The number of pyridine rings is 1. The molecule has 34 heavy (non-hydrogen) atoms. The van der Waals surface area contributed by atoms with Gasteiger partial charge < -0.3 is 18.9 Å². The molecule has 1 amide bonds. The molecule has 5 heterocycles. The molecule has 0 bridgehead atoms. The van der Waals surface area contributed by atoms with Gasteiger partial charge in [-0.2, -0.15) is 9.61 Å². The van der Waals surface area contributed by atoms with Crippen molar-refractivity contribution in [3.63, 3.8) is 0 Å². The molecule has 1 saturated heterocycles. The molecule has 5 rings (SSSR count). The monoisotopic (exact) mass is 485 g/mol. The van der Waals surface area contributed by atoms with Crippen molar-refractivity contribution in [2.24, 2.45) is 0 Å². The molecule has 0 spiro atoms. The van der Waals surface area contributed by atoms with Crippen LogP contribution in [0, 0.1) is 12.7 Å². The van der Waals surface area contributed by atoms with Crippen LogP contribution in [0.5, 0.6) is 0 Å². The van der Waals surface area contributed by atoms with Crippen molar-refractivity contribution in [2.45, 2.75) is 33.3 Å². The van der Waals surface area contributed by atoms with Crippen LogP contribution >= 0.6 is 11.3 Å². The number of nitrogens with zero attached hydrogens (tertiary/aromatic N) is 7. The van der Waals surface area contributed by atoms with Gasteiger partial charge in [-0.05, 0) is 33.8 Å². The fraction of sp³-hybridized carbons (Fsp3) is 0.409. The number of carbonyl (C=O) groups excluding carboxylic acids is 1. The first-order valence-electron chi connectivity index (χ1n) is 10.9. The largest absolute Gasteiger partial charge is 0.444 e. The Morgan fingerprint density at radius 2 is 1.85 bits per heavy atom. The Hall–Kier alpha value is -3.54. The van der Waals surface area contributed by atoms with Crippen molar-refractivity contribution in [1.29, 1.82) is 0 Å². The molecule has 1 fully saturated rings. The van der Waals surface area contributed by atoms with Gasteiger partial charge in [-0.25, -0.2) is 19.2 Å². The molecule has 1 aliphatic rings. The molecule has 0 N–H and O–H groups in total. The van der Waals surface area contributed by atoms with E-state index in [2.05, 4.69) is 15.1 Å². The Bertz CT molecular complexity index is 1460. The molecule has 10 nitrogen and oxygen atoms in total. The molecule has 0 unspecified atom stereocenters. The molecule has 0 radical (unpaired) electrons. The summed E-state index contributed by atoms with van der Waals surface area (Å²) in [6.07, 6.45) is 3.12. The summed E-state index contributed by atoms with van der Waals surface area (Å²) in [6, 6.07) is 2.80. The second kappa shape index (κ2) is 8.05. The van der Waals surface area contributed by atoms with Crippen LogP contribution in [0.15, 0.2) is 29.3 Å². The van der Waals surface area contributed by atoms with Gasteiger partial charge in [-0.3, -0.25) is 4.79 Å². The summed E-state index contributed by atoms with van der Waals surface area (Å²) >= 11 is 1.21. The van der Waals surface area contributed by atoms with E-state index in [0.29, 0.717) is 53.2 Å². The van der Waals surface area contributed by atoms with Gasteiger partial charge in [0, 0.05) is 50.2 Å². The Kier molecular flexibility index (Phi) is 5.27. The fourth-order valence-corrected chi connectivity index (χ4v) is 4.70. The zero-order chi connectivity index (χ0) is 24.2. The third-order valence-electron chi connectivity index (χ3n) is 5.36. The minimum atomic E-state index is -0.552. The highest BCUT2D eigenvalue weighted by Crippen LogP contribution is 2.27. The van der Waals surface area contributed by atoms with E-state index in [1.807, 2.05) is 25.7 Å². The lowest BCUT2D eigenvalue weighted by Crippen LogP contribution is -2.50. The van der Waals surface area contributed by atoms with Crippen LogP contribution in [0.1, 0.15) is 26.5 Å². The number of aryl methyl sites for hydroxylation is 1. The maximum absolute atomic E-state index is 14.5. The van der Waals surface area contributed by atoms with Crippen molar-refractivity contribution in [3.05, 3.63) is 46.4 Å². The second-order valence-electron chi connectivity index (χ2n) is 9.20. The summed E-state index contributed by atoms with van der Waals surface area (Å²) in [5.41, 5.74) is 0.603. The number of hydrogen-bond donors (Lipinski definition) is 0. The molecule has 4 aromatic heterocycles. The number of piperazine rings is 1. The summed E-state index contributed by atoms with van der Waals surface area (Å²) in [5, 5.41) is 4.84. The van der Waals surface area contributed by atoms with E-state index < -0.39 is 11.4 Å². The Balaban J connectivity index is 1.39. The molecule has 1 aliphatic heterocycles. The van der Waals surface area contributed by atoms with E-state index in [4.69, 9.17) is 4.74 Å². The van der Waals surface area contributed by atoms with Gasteiger partial charge in [-0.1, -0.05) is 11.3 Å². The highest BCUT2D eigenvalue weighted by molar-refractivity contribution is 7.19. The number of fused-ring (bicyclic) bond motifs is 2. The smallest absolute Gasteiger partial charge is 0.410 e. The molecule has 4 aromatic rings. The number of rotatable bonds is 2. The highest BCUT2D eigenvalue weighted by atomic mass is 32.1. The SMILES string of the molecule is Cc1cn2cc(-c3nn4c(=O)cc(N5CCN(C(=O)OC(C)(C)C)CC5)nc4s3)cc(F)c2n1. The van der Waals surface area contributed by atoms with Crippen LogP contribution in [0.25, 0.3) is 21.2 Å². The molecule has 0 aliphatic carbocycles. The lowest BCUT2D eigenvalue weighted by molar-refractivity contribution is 0.0240. The highest BCUT2D eigenvalue weighted by Gasteiger charge is 2.27. The predicted octanol–water partition coefficient (Wildman–Crippen LogP) is 2.97. The van der Waals surface area contributed by atoms with Crippen LogP contribution in [-0.2, 0) is 4.74 Å². The molecular formula is C22H24FN7O3S. The normalized spacial score (nSPS) is 14.9. The van der Waals surface area contributed by atoms with Crippen LogP contribution in [0.2, 0.25) is 0 Å². The van der Waals surface area contributed by atoms with Gasteiger partial charge in [0.25, 0.3) is 5.56 Å². The molecule has 0 saturated carbocycles. The minimum Gasteiger partial charge on any atom is -0.444 e. The van der Waals surface area contributed by atoms with Gasteiger partial charge in [0.1, 0.15) is 16.4 Å². The first-order chi connectivity index (χ1) is 16.1. The van der Waals surface area contributed by atoms with Crippen molar-refractivity contribution in [3.8, 4) is 10.6 Å². The first-order valence-corrected chi connectivity index (χ1v) is 11.7. The number of hydrogen-bond acceptors (Lipinski definition) is 8. The maximum Gasteiger partial charge on any atom is 0.410 e. The van der Waals surface area contributed by atoms with Gasteiger partial charge >= 0.3 is 6.09 Å². The van der Waals surface area contributed by atoms with Crippen molar-refractivity contribution >= 4 is 33.9 Å². The molecule has 0 aromatic carbocycles. The Morgan fingerprint density at radius 3 is 2.56 bits per heavy atom. The number of aromatic nitrogens is 5. The van der Waals surface area contributed by atoms with E-state index >= 15 is 0 Å². The molecule has 0 atom stereocenters. The van der Waals surface area contributed by atoms with E-state index in [0.717, 1.165) is 0 Å². The van der Waals surface area contributed by atoms with Crippen molar-refractivity contribution in [2.75, 3.05) is 31.1 Å². The van der Waals surface area contributed by atoms with Gasteiger partial charge in [0.15, 0.2) is 11.5 Å². The van der Waals surface area contributed by atoms with Crippen LogP contribution in [0.3, 0.4) is 0 Å². The van der Waals surface area contributed by atoms with E-state index in [1.54, 1.807) is 28.6 Å². The third kappa shape index (κ3) is 4.20. The quantitative estimate of drug-likeness (QED) is 0.431. The number of halogens is 1. The molecular weight excluding hydrogens is 461 g/mol. The Labute approximate surface area is 198 Å². The fourth-order valence-electron chi connectivity index (χ4n) is 3.82. The number of amides is 1. The van der Waals surface area contributed by atoms with E-state index in [9.17, 15) is 14.0 Å². The number of ether oxygens (including phenoxy) is 1. The molecule has 12 heteroatoms. The van der Waals surface area contributed by atoms with Crippen molar-refractivity contribution in [1.82, 2.24) is 28.9 Å². The summed E-state index contributed by atoms with van der Waals surface area (Å²) in [7, 11) is 0. The summed E-state index contributed by atoms with van der Waals surface area (Å²) in [6.45, 7) is 9.27. The van der Waals surface area contributed by atoms with E-state index in [-0.39, 0.29) is 17.3 Å². The van der Waals surface area contributed by atoms with Gasteiger partial charge in [0.05, 0.1) is 5.69 Å². The van der Waals surface area contributed by atoms with Crippen molar-refractivity contribution < 1.29 is 13.9 Å². The zero-order valence-electron chi connectivity index (χ0n) is 19.3. The van der Waals surface area contributed by atoms with Crippen LogP contribution in [-0.4, -0.2) is 66.8 Å². The van der Waals surface area contributed by atoms with E-state index in [1.165, 1.54) is 28.0 Å². The Morgan fingerprint density at radius 1 is 1.12 bits per heavy atom. The first kappa shape index (κ1) is 22.3. The molecule has 178 valence electrons. The standard InChI is InChI=1S/C22H24FN7O3S/c1-13-11-29-12-14(9-15(23)18(29)24-13)19-26-30-17(31)10-16(25-20(30)34-19)27-5-7-28(8-6-27)21(32)33-22(2,3)4/h9-12H,5-8H2,1-4H3. The minimum absolute atomic E-state index is 0.241. The lowest BCUT2D eigenvalue weighted by Gasteiger charge is -2.36. The van der Waals surface area contributed by atoms with Gasteiger partial charge in [-0.15, -0.1) is 0 Å². The zero-order valence-corrected chi connectivity index (χ0v) is 20.1. The maximum atomic E-state index is 14.5. The van der Waals surface area contributed by atoms with Crippen LogP contribution < -0.4 is 10.5 Å². The number of imidazole rings is 1. The second-order valence-corrected chi connectivity index (χ2v) is 10.2. The summed E-state index contributed by atoms with van der Waals surface area (Å²) in [5.74, 6) is 0.0598. The predicted molar refractivity (Wildman–Crippen MR) is 126 cm³/mol. The average Bonchev–Trinajstić information content (AvgIpc) is 3.36.